The Morgan fingerprint density at radius 1 is 0.784 bits per heavy atom. The number of unbranched alkanes of at least 4 members (excludes halogenated alkanes) is 9. The number of esters is 3. The van der Waals surface area contributed by atoms with Crippen LogP contribution < -0.4 is 14.2 Å². The van der Waals surface area contributed by atoms with Crippen LogP contribution in [0.5, 0.6) is 17.2 Å². The van der Waals surface area contributed by atoms with Crippen molar-refractivity contribution in [2.24, 2.45) is 0 Å². The molecule has 0 saturated carbocycles. The molecule has 1 saturated heterocycles. The second-order valence-corrected chi connectivity index (χ2v) is 12.9. The molecule has 2 atom stereocenters. The monoisotopic (exact) mass is 696 g/mol. The average molecular weight is 697 g/mol. The first-order chi connectivity index (χ1) is 24.8. The first kappa shape index (κ1) is 38.9. The molecule has 272 valence electrons. The number of hydrogen-bond donors (Lipinski definition) is 0. The van der Waals surface area contributed by atoms with Crippen LogP contribution in [0.1, 0.15) is 107 Å². The molecular weight excluding hydrogens is 644 g/mol. The van der Waals surface area contributed by atoms with Gasteiger partial charge in [0.15, 0.2) is 0 Å². The minimum atomic E-state index is -0.671. The van der Waals surface area contributed by atoms with Crippen LogP contribution in [-0.2, 0) is 19.1 Å². The van der Waals surface area contributed by atoms with Gasteiger partial charge in [-0.25, -0.2) is 14.4 Å². The maximum atomic E-state index is 12.8. The van der Waals surface area contributed by atoms with Crippen molar-refractivity contribution >= 4 is 17.9 Å². The van der Waals surface area contributed by atoms with Crippen molar-refractivity contribution in [2.45, 2.75) is 109 Å². The number of benzene rings is 3. The third kappa shape index (κ3) is 13.8. The van der Waals surface area contributed by atoms with Gasteiger partial charge in [0.2, 0.25) is 6.29 Å². The topological polar surface area (TPSA) is 97.4 Å². The molecule has 0 bridgehead atoms. The van der Waals surface area contributed by atoms with E-state index in [9.17, 15) is 14.4 Å². The fourth-order valence-electron chi connectivity index (χ4n) is 5.85. The summed E-state index contributed by atoms with van der Waals surface area (Å²) in [6.07, 6.45) is 14.7. The second kappa shape index (κ2) is 21.4. The van der Waals surface area contributed by atoms with E-state index in [4.69, 9.17) is 23.7 Å². The van der Waals surface area contributed by atoms with Crippen LogP contribution in [0.3, 0.4) is 0 Å². The second-order valence-electron chi connectivity index (χ2n) is 12.9. The Hall–Kier alpha value is -4.85. The maximum Gasteiger partial charge on any atom is 0.343 e. The summed E-state index contributed by atoms with van der Waals surface area (Å²) in [6, 6.07) is 21.8. The molecule has 1 fully saturated rings. The third-order valence-electron chi connectivity index (χ3n) is 8.79. The van der Waals surface area contributed by atoms with Crippen molar-refractivity contribution in [3.63, 3.8) is 0 Å². The highest BCUT2D eigenvalue weighted by atomic mass is 16.7. The number of ether oxygens (including phenoxy) is 5. The fourth-order valence-corrected chi connectivity index (χ4v) is 5.85. The lowest BCUT2D eigenvalue weighted by Gasteiger charge is -2.19. The van der Waals surface area contributed by atoms with Crippen LogP contribution in [0.25, 0.3) is 11.1 Å². The highest BCUT2D eigenvalue weighted by molar-refractivity contribution is 5.91. The molecular formula is C43H52O8. The highest BCUT2D eigenvalue weighted by Crippen LogP contribution is 2.27. The van der Waals surface area contributed by atoms with Gasteiger partial charge in [-0.05, 0) is 85.3 Å². The Morgan fingerprint density at radius 2 is 1.37 bits per heavy atom. The Balaban J connectivity index is 1.17. The Bertz CT molecular complexity index is 1530. The molecule has 0 N–H and O–H groups in total. The fraction of sp³-hybridized carbons (Fsp3) is 0.419. The lowest BCUT2D eigenvalue weighted by atomic mass is 10.1. The summed E-state index contributed by atoms with van der Waals surface area (Å²) >= 11 is 0. The number of rotatable bonds is 23. The van der Waals surface area contributed by atoms with Gasteiger partial charge in [-0.2, -0.15) is 0 Å². The molecule has 0 radical (unpaired) electrons. The van der Waals surface area contributed by atoms with E-state index in [0.29, 0.717) is 47.8 Å². The average Bonchev–Trinajstić information content (AvgIpc) is 3.47. The summed E-state index contributed by atoms with van der Waals surface area (Å²) in [5.74, 6) is 0.541. The molecule has 0 aliphatic carbocycles. The third-order valence-corrected chi connectivity index (χ3v) is 8.79. The van der Waals surface area contributed by atoms with Crippen molar-refractivity contribution in [2.75, 3.05) is 6.61 Å². The van der Waals surface area contributed by atoms with Gasteiger partial charge in [-0.15, -0.1) is 0 Å². The van der Waals surface area contributed by atoms with Gasteiger partial charge >= 0.3 is 17.9 Å². The zero-order chi connectivity index (χ0) is 36.3. The first-order valence-electron chi connectivity index (χ1n) is 18.4. The first-order valence-corrected chi connectivity index (χ1v) is 18.4. The Labute approximate surface area is 302 Å². The number of carbonyl (C=O) groups is 3. The molecule has 0 aromatic heterocycles. The van der Waals surface area contributed by atoms with E-state index in [1.807, 2.05) is 36.4 Å². The summed E-state index contributed by atoms with van der Waals surface area (Å²) < 4.78 is 28.2. The van der Waals surface area contributed by atoms with E-state index in [2.05, 4.69) is 20.1 Å². The summed E-state index contributed by atoms with van der Waals surface area (Å²) in [5, 5.41) is 0. The summed E-state index contributed by atoms with van der Waals surface area (Å²) in [4.78, 5) is 36.1. The summed E-state index contributed by atoms with van der Waals surface area (Å²) in [5.41, 5.74) is 2.92. The van der Waals surface area contributed by atoms with Crippen molar-refractivity contribution in [3.8, 4) is 28.4 Å². The van der Waals surface area contributed by atoms with Gasteiger partial charge in [0, 0.05) is 24.5 Å². The van der Waals surface area contributed by atoms with Gasteiger partial charge in [-0.1, -0.05) is 95.7 Å². The van der Waals surface area contributed by atoms with Crippen LogP contribution >= 0.6 is 0 Å². The molecule has 1 aliphatic rings. The maximum absolute atomic E-state index is 12.8. The predicted molar refractivity (Wildman–Crippen MR) is 199 cm³/mol. The lowest BCUT2D eigenvalue weighted by molar-refractivity contribution is -0.158. The van der Waals surface area contributed by atoms with E-state index in [1.54, 1.807) is 36.4 Å². The van der Waals surface area contributed by atoms with E-state index in [0.717, 1.165) is 62.1 Å². The molecule has 1 heterocycles. The van der Waals surface area contributed by atoms with Gasteiger partial charge in [0.25, 0.3) is 0 Å². The zero-order valence-electron chi connectivity index (χ0n) is 29.9. The minimum absolute atomic E-state index is 0.0157. The smallest absolute Gasteiger partial charge is 0.343 e. The highest BCUT2D eigenvalue weighted by Gasteiger charge is 2.26. The summed E-state index contributed by atoms with van der Waals surface area (Å²) in [7, 11) is 0. The van der Waals surface area contributed by atoms with Crippen LogP contribution in [-0.4, -0.2) is 36.9 Å². The number of carbonyl (C=O) groups excluding carboxylic acids is 3. The van der Waals surface area contributed by atoms with Crippen molar-refractivity contribution in [1.29, 1.82) is 0 Å². The van der Waals surface area contributed by atoms with Crippen molar-refractivity contribution in [3.05, 3.63) is 103 Å². The Morgan fingerprint density at radius 3 is 2.00 bits per heavy atom. The van der Waals surface area contributed by atoms with E-state index in [1.165, 1.54) is 32.1 Å². The lowest BCUT2D eigenvalue weighted by Crippen LogP contribution is -2.23. The standard InChI is InChI=1S/C43H52O8/c1-4-6-7-8-9-10-14-17-41(51-40(44)5-2)48-37-26-18-33(19-27-37)34-20-28-38(29-21-34)49-43(46)35-22-24-36(25-23-35)47-30-15-12-11-13-16-39-31-32(3)42(45)50-39/h5,18-29,39,41H,2-4,6-17,30-31H2,1H3. The molecule has 51 heavy (non-hydrogen) atoms. The molecule has 8 nitrogen and oxygen atoms in total. The van der Waals surface area contributed by atoms with Gasteiger partial charge in [-0.3, -0.25) is 0 Å². The van der Waals surface area contributed by atoms with Crippen molar-refractivity contribution in [1.82, 2.24) is 0 Å². The molecule has 0 spiro atoms. The molecule has 3 aromatic carbocycles. The number of hydrogen-bond acceptors (Lipinski definition) is 8. The zero-order valence-corrected chi connectivity index (χ0v) is 29.9. The quantitative estimate of drug-likeness (QED) is 0.0318. The summed E-state index contributed by atoms with van der Waals surface area (Å²) in [6.45, 7) is 10.0. The molecule has 3 aromatic rings. The number of cyclic esters (lactones) is 1. The largest absolute Gasteiger partial charge is 0.494 e. The van der Waals surface area contributed by atoms with Gasteiger partial charge in [0.1, 0.15) is 23.4 Å². The minimum Gasteiger partial charge on any atom is -0.494 e. The predicted octanol–water partition coefficient (Wildman–Crippen LogP) is 10.3. The van der Waals surface area contributed by atoms with Crippen LogP contribution in [0.15, 0.2) is 97.6 Å². The molecule has 8 heteroatoms. The van der Waals surface area contributed by atoms with Crippen molar-refractivity contribution < 1.29 is 38.1 Å². The van der Waals surface area contributed by atoms with Crippen LogP contribution in [0, 0.1) is 0 Å². The SMILES string of the molecule is C=CC(=O)OC(CCCCCCCCC)Oc1ccc(-c2ccc(OC(=O)c3ccc(OCCCCCCC4CC(=C)C(=O)O4)cc3)cc2)cc1. The molecule has 4 rings (SSSR count). The van der Waals surface area contributed by atoms with Crippen LogP contribution in [0.2, 0.25) is 0 Å². The van der Waals surface area contributed by atoms with E-state index < -0.39 is 18.2 Å². The molecule has 0 amide bonds. The molecule has 2 unspecified atom stereocenters. The van der Waals surface area contributed by atoms with Gasteiger partial charge in [0.05, 0.1) is 12.2 Å². The van der Waals surface area contributed by atoms with Gasteiger partial charge < -0.3 is 23.7 Å². The van der Waals surface area contributed by atoms with E-state index in [-0.39, 0.29) is 12.1 Å². The molecule has 1 aliphatic heterocycles. The van der Waals surface area contributed by atoms with E-state index >= 15 is 0 Å². The normalized spacial score (nSPS) is 14.4. The Kier molecular flexibility index (Phi) is 16.3. The van der Waals surface area contributed by atoms with Crippen LogP contribution in [0.4, 0.5) is 0 Å².